The lowest BCUT2D eigenvalue weighted by Crippen LogP contribution is -2.12. The van der Waals surface area contributed by atoms with Gasteiger partial charge in [-0.2, -0.15) is 0 Å². The second-order valence-electron chi connectivity index (χ2n) is 2.58. The van der Waals surface area contributed by atoms with Crippen molar-refractivity contribution in [3.63, 3.8) is 0 Å². The molecule has 0 radical (unpaired) electrons. The van der Waals surface area contributed by atoms with Crippen LogP contribution in [0.3, 0.4) is 0 Å². The molecule has 1 rings (SSSR count). The molecule has 0 aliphatic rings. The van der Waals surface area contributed by atoms with E-state index in [0.29, 0.717) is 0 Å². The molecule has 12 heavy (non-hydrogen) atoms. The summed E-state index contributed by atoms with van der Waals surface area (Å²) in [5, 5.41) is 3.78. The minimum absolute atomic E-state index is 0.0206. The Balaban J connectivity index is 2.68. The monoisotopic (exact) mass is 203 g/mol. The smallest absolute Gasteiger partial charge is 0.0709 e. The van der Waals surface area contributed by atoms with Crippen LogP contribution in [0.2, 0.25) is 5.02 Å². The van der Waals surface area contributed by atoms with Gasteiger partial charge in [0.25, 0.3) is 0 Å². The van der Waals surface area contributed by atoms with Crippen molar-refractivity contribution in [3.05, 3.63) is 34.9 Å². The van der Waals surface area contributed by atoms with E-state index in [2.05, 4.69) is 5.32 Å². The number of alkyl halides is 1. The van der Waals surface area contributed by atoms with Gasteiger partial charge >= 0.3 is 0 Å². The quantitative estimate of drug-likeness (QED) is 0.746. The Labute approximate surface area is 82.7 Å². The molecule has 0 saturated heterocycles. The van der Waals surface area contributed by atoms with E-state index in [4.69, 9.17) is 23.2 Å². The molecule has 1 unspecified atom stereocenters. The van der Waals surface area contributed by atoms with E-state index in [1.165, 1.54) is 0 Å². The summed E-state index contributed by atoms with van der Waals surface area (Å²) in [6, 6.07) is 7.58. The number of halogens is 2. The van der Waals surface area contributed by atoms with Crippen molar-refractivity contribution >= 4 is 23.2 Å². The molecule has 0 bridgehead atoms. The molecule has 1 aromatic rings. The maximum Gasteiger partial charge on any atom is 0.0709 e. The van der Waals surface area contributed by atoms with Gasteiger partial charge in [-0.25, -0.2) is 0 Å². The number of likely N-dealkylation sites (N-methyl/N-ethyl adjacent to an activating group) is 1. The zero-order valence-corrected chi connectivity index (χ0v) is 8.36. The van der Waals surface area contributed by atoms with E-state index in [1.807, 2.05) is 31.3 Å². The third-order valence-corrected chi connectivity index (χ3v) is 2.27. The minimum atomic E-state index is 0.0206. The topological polar surface area (TPSA) is 12.0 Å². The zero-order valence-electron chi connectivity index (χ0n) is 6.85. The van der Waals surface area contributed by atoms with Crippen molar-refractivity contribution < 1.29 is 0 Å². The fraction of sp³-hybridized carbons (Fsp3) is 0.333. The fourth-order valence-electron chi connectivity index (χ4n) is 0.969. The Kier molecular flexibility index (Phi) is 3.86. The van der Waals surface area contributed by atoms with Gasteiger partial charge in [-0.3, -0.25) is 0 Å². The summed E-state index contributed by atoms with van der Waals surface area (Å²) in [6.45, 7) is 0.767. The SMILES string of the molecule is CNCC(Cl)c1ccc(Cl)cc1. The van der Waals surface area contributed by atoms with E-state index < -0.39 is 0 Å². The maximum absolute atomic E-state index is 6.05. The van der Waals surface area contributed by atoms with E-state index in [1.54, 1.807) is 0 Å². The number of hydrogen-bond donors (Lipinski definition) is 1. The lowest BCUT2D eigenvalue weighted by atomic mass is 10.1. The van der Waals surface area contributed by atoms with Crippen LogP contribution >= 0.6 is 23.2 Å². The average Bonchev–Trinajstić information content (AvgIpc) is 2.06. The number of hydrogen-bond acceptors (Lipinski definition) is 1. The first-order valence-corrected chi connectivity index (χ1v) is 4.59. The molecular formula is C9H11Cl2N. The summed E-state index contributed by atoms with van der Waals surface area (Å²) in [4.78, 5) is 0. The van der Waals surface area contributed by atoms with Gasteiger partial charge in [0.05, 0.1) is 5.38 Å². The zero-order chi connectivity index (χ0) is 8.97. The van der Waals surface area contributed by atoms with Crippen molar-refractivity contribution in [2.45, 2.75) is 5.38 Å². The molecule has 3 heteroatoms. The first-order chi connectivity index (χ1) is 5.74. The molecule has 0 spiro atoms. The van der Waals surface area contributed by atoms with Crippen molar-refractivity contribution in [2.75, 3.05) is 13.6 Å². The van der Waals surface area contributed by atoms with Crippen molar-refractivity contribution in [1.29, 1.82) is 0 Å². The first-order valence-electron chi connectivity index (χ1n) is 3.78. The molecule has 0 aromatic heterocycles. The molecule has 0 amide bonds. The predicted octanol–water partition coefficient (Wildman–Crippen LogP) is 2.84. The molecule has 0 saturated carbocycles. The second-order valence-corrected chi connectivity index (χ2v) is 3.54. The molecule has 0 heterocycles. The van der Waals surface area contributed by atoms with Gasteiger partial charge in [0.1, 0.15) is 0 Å². The van der Waals surface area contributed by atoms with Crippen LogP contribution in [0.1, 0.15) is 10.9 Å². The predicted molar refractivity (Wildman–Crippen MR) is 54.0 cm³/mol. The fourth-order valence-corrected chi connectivity index (χ4v) is 1.39. The van der Waals surface area contributed by atoms with Crippen LogP contribution in [0, 0.1) is 0 Å². The van der Waals surface area contributed by atoms with Crippen LogP contribution in [0.25, 0.3) is 0 Å². The summed E-state index contributed by atoms with van der Waals surface area (Å²) in [7, 11) is 1.88. The molecule has 1 nitrogen and oxygen atoms in total. The molecule has 1 N–H and O–H groups in total. The van der Waals surface area contributed by atoms with E-state index in [-0.39, 0.29) is 5.38 Å². The molecule has 66 valence electrons. The van der Waals surface area contributed by atoms with Gasteiger partial charge < -0.3 is 5.32 Å². The van der Waals surface area contributed by atoms with Crippen LogP contribution in [0.15, 0.2) is 24.3 Å². The van der Waals surface area contributed by atoms with Crippen LogP contribution in [0.4, 0.5) is 0 Å². The van der Waals surface area contributed by atoms with E-state index in [0.717, 1.165) is 17.1 Å². The van der Waals surface area contributed by atoms with Gasteiger partial charge in [0.2, 0.25) is 0 Å². The highest BCUT2D eigenvalue weighted by atomic mass is 35.5. The molecular weight excluding hydrogens is 193 g/mol. The number of nitrogens with one attached hydrogen (secondary N) is 1. The summed E-state index contributed by atoms with van der Waals surface area (Å²) in [6.07, 6.45) is 0. The average molecular weight is 204 g/mol. The summed E-state index contributed by atoms with van der Waals surface area (Å²) in [5.74, 6) is 0. The van der Waals surface area contributed by atoms with Gasteiger partial charge in [-0.15, -0.1) is 11.6 Å². The van der Waals surface area contributed by atoms with Gasteiger partial charge in [-0.1, -0.05) is 23.7 Å². The molecule has 0 fully saturated rings. The molecule has 0 aliphatic carbocycles. The Morgan fingerprint density at radius 1 is 1.33 bits per heavy atom. The Hall–Kier alpha value is -0.240. The van der Waals surface area contributed by atoms with Gasteiger partial charge in [0, 0.05) is 11.6 Å². The lowest BCUT2D eigenvalue weighted by molar-refractivity contribution is 0.771. The normalized spacial score (nSPS) is 12.9. The Bertz CT molecular complexity index is 233. The summed E-state index contributed by atoms with van der Waals surface area (Å²) >= 11 is 11.8. The minimum Gasteiger partial charge on any atom is -0.318 e. The van der Waals surface area contributed by atoms with Gasteiger partial charge in [0.15, 0.2) is 0 Å². The standard InChI is InChI=1S/C9H11Cl2N/c1-12-6-9(11)7-2-4-8(10)5-3-7/h2-5,9,12H,6H2,1H3. The highest BCUT2D eigenvalue weighted by Gasteiger charge is 2.04. The van der Waals surface area contributed by atoms with Crippen LogP contribution < -0.4 is 5.32 Å². The van der Waals surface area contributed by atoms with Gasteiger partial charge in [-0.05, 0) is 24.7 Å². The van der Waals surface area contributed by atoms with E-state index in [9.17, 15) is 0 Å². The summed E-state index contributed by atoms with van der Waals surface area (Å²) in [5.41, 5.74) is 1.09. The van der Waals surface area contributed by atoms with Crippen molar-refractivity contribution in [2.24, 2.45) is 0 Å². The number of rotatable bonds is 3. The largest absolute Gasteiger partial charge is 0.318 e. The third kappa shape index (κ3) is 2.67. The summed E-state index contributed by atoms with van der Waals surface area (Å²) < 4.78 is 0. The highest BCUT2D eigenvalue weighted by Crippen LogP contribution is 2.20. The second kappa shape index (κ2) is 4.70. The third-order valence-electron chi connectivity index (χ3n) is 1.62. The highest BCUT2D eigenvalue weighted by molar-refractivity contribution is 6.30. The Morgan fingerprint density at radius 3 is 2.42 bits per heavy atom. The van der Waals surface area contributed by atoms with Crippen LogP contribution in [-0.4, -0.2) is 13.6 Å². The molecule has 1 atom stereocenters. The Morgan fingerprint density at radius 2 is 1.92 bits per heavy atom. The van der Waals surface area contributed by atoms with Crippen LogP contribution in [0.5, 0.6) is 0 Å². The van der Waals surface area contributed by atoms with Crippen molar-refractivity contribution in [1.82, 2.24) is 5.32 Å². The molecule has 0 aliphatic heterocycles. The van der Waals surface area contributed by atoms with E-state index >= 15 is 0 Å². The maximum atomic E-state index is 6.05. The molecule has 1 aromatic carbocycles. The van der Waals surface area contributed by atoms with Crippen molar-refractivity contribution in [3.8, 4) is 0 Å². The van der Waals surface area contributed by atoms with Crippen LogP contribution in [-0.2, 0) is 0 Å². The lowest BCUT2D eigenvalue weighted by Gasteiger charge is -2.08. The number of benzene rings is 1. The first kappa shape index (κ1) is 9.85.